The number of halogens is 1. The molecule has 0 aromatic heterocycles. The molecule has 4 N–H and O–H groups in total. The summed E-state index contributed by atoms with van der Waals surface area (Å²) in [6, 6.07) is 11.9. The highest BCUT2D eigenvalue weighted by Crippen LogP contribution is 2.36. The maximum absolute atomic E-state index is 10.4. The smallest absolute Gasteiger partial charge is 0.124 e. The molecule has 0 amide bonds. The largest absolute Gasteiger partial charge is 0.488 e. The minimum absolute atomic E-state index is 0.232. The first-order chi connectivity index (χ1) is 16.4. The second-order valence-corrected chi connectivity index (χ2v) is 8.01. The van der Waals surface area contributed by atoms with Gasteiger partial charge in [0.05, 0.1) is 25.2 Å². The van der Waals surface area contributed by atoms with E-state index in [-0.39, 0.29) is 6.42 Å². The predicted molar refractivity (Wildman–Crippen MR) is 113 cm³/mol. The molecular weight excluding hydrogens is 424 g/mol. The van der Waals surface area contributed by atoms with Crippen LogP contribution < -0.4 is 4.74 Å². The van der Waals surface area contributed by atoms with Gasteiger partial charge < -0.3 is 34.6 Å². The van der Waals surface area contributed by atoms with E-state index in [9.17, 15) is 15.3 Å². The topological polar surface area (TPSA) is 109 Å². The average Bonchev–Trinajstić information content (AvgIpc) is 3.20. The van der Waals surface area contributed by atoms with Crippen LogP contribution in [0.15, 0.2) is 42.5 Å². The number of rotatable bonds is 7. The molecule has 2 aromatic rings. The summed E-state index contributed by atoms with van der Waals surface area (Å²) in [5.74, 6) is 0.369. The normalized spacial score (nSPS) is 34.4. The molecule has 0 saturated carbocycles. The van der Waals surface area contributed by atoms with Gasteiger partial charge in [0.2, 0.25) is 0 Å². The van der Waals surface area contributed by atoms with Gasteiger partial charge in [-0.3, -0.25) is 0 Å². The molecule has 168 valence electrons. The SMILES string of the molecule is [2H]C1([2H])C[C@@H](Oc2ccc(Cc3cc(C4O[C@H]([C@H](O)CO)[C@H](O)[C@H]4O)ccc3Cl)cc2)C([2H])([2H])O1. The van der Waals surface area contributed by atoms with Gasteiger partial charge in [-0.05, 0) is 41.3 Å². The van der Waals surface area contributed by atoms with E-state index in [1.807, 2.05) is 0 Å². The van der Waals surface area contributed by atoms with Crippen LogP contribution in [0.5, 0.6) is 5.75 Å². The van der Waals surface area contributed by atoms with Gasteiger partial charge in [0, 0.05) is 11.4 Å². The molecule has 7 nitrogen and oxygen atoms in total. The summed E-state index contributed by atoms with van der Waals surface area (Å²) in [6.07, 6.45) is -6.93. The van der Waals surface area contributed by atoms with Crippen LogP contribution in [0.1, 0.15) is 34.7 Å². The first-order valence-electron chi connectivity index (χ1n) is 11.9. The van der Waals surface area contributed by atoms with Crippen LogP contribution in [0.25, 0.3) is 0 Å². The fourth-order valence-corrected chi connectivity index (χ4v) is 3.90. The van der Waals surface area contributed by atoms with E-state index in [1.54, 1.807) is 42.5 Å². The number of hydrogen-bond donors (Lipinski definition) is 4. The summed E-state index contributed by atoms with van der Waals surface area (Å²) in [7, 11) is 0. The second-order valence-electron chi connectivity index (χ2n) is 7.60. The molecule has 0 spiro atoms. The van der Waals surface area contributed by atoms with Crippen molar-refractivity contribution in [1.82, 2.24) is 0 Å². The molecule has 1 unspecified atom stereocenters. The van der Waals surface area contributed by atoms with Gasteiger partial charge in [-0.1, -0.05) is 35.9 Å². The zero-order chi connectivity index (χ0) is 25.5. The fraction of sp³-hybridized carbons (Fsp3) is 0.478. The molecule has 6 atom stereocenters. The lowest BCUT2D eigenvalue weighted by Gasteiger charge is -2.19. The fourth-order valence-electron chi connectivity index (χ4n) is 3.71. The van der Waals surface area contributed by atoms with Gasteiger partial charge in [-0.2, -0.15) is 0 Å². The standard InChI is InChI=1S/C23H27ClO7/c24-18-6-3-14(22-20(27)21(28)23(31-22)19(26)11-25)10-15(18)9-13-1-4-16(5-2-13)30-17-7-8-29-12-17/h1-6,10,17,19-23,25-28H,7-9,11-12H2/t17-,19-,20-,21-,22?,23-/m1/s1/i8D2,12D2. The first kappa shape index (κ1) is 17.8. The number of aliphatic hydroxyl groups excluding tert-OH is 4. The van der Waals surface area contributed by atoms with Gasteiger partial charge in [0.1, 0.15) is 42.4 Å². The van der Waals surface area contributed by atoms with Gasteiger partial charge in [-0.15, -0.1) is 0 Å². The molecule has 0 bridgehead atoms. The van der Waals surface area contributed by atoms with Crippen LogP contribution in [-0.4, -0.2) is 70.7 Å². The molecule has 2 aromatic carbocycles. The van der Waals surface area contributed by atoms with E-state index in [1.165, 1.54) is 0 Å². The maximum atomic E-state index is 10.4. The lowest BCUT2D eigenvalue weighted by Crippen LogP contribution is -2.40. The van der Waals surface area contributed by atoms with Crippen molar-refractivity contribution in [3.63, 3.8) is 0 Å². The zero-order valence-electron chi connectivity index (χ0n) is 20.5. The van der Waals surface area contributed by atoms with Crippen LogP contribution in [0.3, 0.4) is 0 Å². The van der Waals surface area contributed by atoms with Crippen LogP contribution >= 0.6 is 11.6 Å². The highest BCUT2D eigenvalue weighted by molar-refractivity contribution is 6.31. The highest BCUT2D eigenvalue weighted by Gasteiger charge is 2.46. The summed E-state index contributed by atoms with van der Waals surface area (Å²) in [5.41, 5.74) is 2.14. The summed E-state index contributed by atoms with van der Waals surface area (Å²) < 4.78 is 46.9. The Balaban J connectivity index is 1.46. The molecule has 4 rings (SSSR count). The Labute approximate surface area is 191 Å². The van der Waals surface area contributed by atoms with Crippen LogP contribution in [0.4, 0.5) is 0 Å². The summed E-state index contributed by atoms with van der Waals surface area (Å²) in [4.78, 5) is 0. The Morgan fingerprint density at radius 1 is 1.16 bits per heavy atom. The quantitative estimate of drug-likeness (QED) is 0.503. The third kappa shape index (κ3) is 5.04. The van der Waals surface area contributed by atoms with Crippen molar-refractivity contribution >= 4 is 11.6 Å². The van der Waals surface area contributed by atoms with Crippen molar-refractivity contribution in [1.29, 1.82) is 0 Å². The van der Waals surface area contributed by atoms with E-state index in [0.29, 0.717) is 22.8 Å². The van der Waals surface area contributed by atoms with Gasteiger partial charge in [0.15, 0.2) is 0 Å². The molecule has 0 aliphatic carbocycles. The predicted octanol–water partition coefficient (Wildman–Crippen LogP) is 1.61. The van der Waals surface area contributed by atoms with Crippen molar-refractivity contribution in [2.45, 2.75) is 49.5 Å². The third-order valence-electron chi connectivity index (χ3n) is 5.39. The first-order valence-corrected chi connectivity index (χ1v) is 10.3. The number of ether oxygens (including phenoxy) is 3. The Morgan fingerprint density at radius 2 is 1.94 bits per heavy atom. The average molecular weight is 455 g/mol. The summed E-state index contributed by atoms with van der Waals surface area (Å²) in [6.45, 7) is -4.96. The van der Waals surface area contributed by atoms with E-state index < -0.39 is 56.3 Å². The van der Waals surface area contributed by atoms with Gasteiger partial charge >= 0.3 is 0 Å². The second kappa shape index (κ2) is 9.83. The van der Waals surface area contributed by atoms with Gasteiger partial charge in [0.25, 0.3) is 0 Å². The highest BCUT2D eigenvalue weighted by atomic mass is 35.5. The maximum Gasteiger partial charge on any atom is 0.124 e. The number of aliphatic hydroxyl groups is 4. The van der Waals surface area contributed by atoms with E-state index in [2.05, 4.69) is 0 Å². The van der Waals surface area contributed by atoms with Crippen molar-refractivity contribution in [2.75, 3.05) is 19.7 Å². The minimum Gasteiger partial charge on any atom is -0.488 e. The van der Waals surface area contributed by atoms with Crippen LogP contribution in [0, 0.1) is 0 Å². The summed E-state index contributed by atoms with van der Waals surface area (Å²) >= 11 is 6.38. The van der Waals surface area contributed by atoms with Crippen molar-refractivity contribution in [3.8, 4) is 5.75 Å². The molecule has 8 heteroatoms. The van der Waals surface area contributed by atoms with E-state index in [4.69, 9.17) is 36.4 Å². The van der Waals surface area contributed by atoms with Crippen LogP contribution in [0.2, 0.25) is 5.02 Å². The molecule has 2 fully saturated rings. The van der Waals surface area contributed by atoms with Crippen LogP contribution in [-0.2, 0) is 15.9 Å². The van der Waals surface area contributed by atoms with Crippen molar-refractivity contribution in [2.24, 2.45) is 0 Å². The van der Waals surface area contributed by atoms with E-state index >= 15 is 0 Å². The molecule has 0 radical (unpaired) electrons. The molecule has 2 aliphatic heterocycles. The van der Waals surface area contributed by atoms with Crippen molar-refractivity contribution < 1.29 is 40.1 Å². The van der Waals surface area contributed by atoms with Crippen molar-refractivity contribution in [3.05, 3.63) is 64.2 Å². The Bertz CT molecular complexity index is 1040. The number of hydrogen-bond acceptors (Lipinski definition) is 7. The van der Waals surface area contributed by atoms with E-state index in [0.717, 1.165) is 11.1 Å². The number of benzene rings is 2. The molecule has 2 aliphatic rings. The zero-order valence-corrected chi connectivity index (χ0v) is 17.3. The summed E-state index contributed by atoms with van der Waals surface area (Å²) in [5, 5.41) is 40.1. The lowest BCUT2D eigenvalue weighted by atomic mass is 9.96. The Kier molecular flexibility index (Phi) is 5.65. The third-order valence-corrected chi connectivity index (χ3v) is 5.76. The minimum atomic E-state index is -2.25. The Hall–Kier alpha value is -1.71. The van der Waals surface area contributed by atoms with Gasteiger partial charge in [-0.25, -0.2) is 0 Å². The molecule has 2 saturated heterocycles. The monoisotopic (exact) mass is 454 g/mol. The Morgan fingerprint density at radius 3 is 2.61 bits per heavy atom. The molecule has 2 heterocycles. The molecular formula is C23H27ClO7. The lowest BCUT2D eigenvalue weighted by molar-refractivity contribution is -0.0820. The molecule has 31 heavy (non-hydrogen) atoms.